The van der Waals surface area contributed by atoms with Gasteiger partial charge in [0.05, 0.1) is 4.90 Å². The molecule has 1 N–H and O–H groups in total. The van der Waals surface area contributed by atoms with Gasteiger partial charge in [0, 0.05) is 25.2 Å². The maximum Gasteiger partial charge on any atom is 0.253 e. The summed E-state index contributed by atoms with van der Waals surface area (Å²) in [5, 5.41) is 0. The molecule has 0 aromatic heterocycles. The van der Waals surface area contributed by atoms with Crippen LogP contribution in [-0.4, -0.2) is 32.3 Å². The third-order valence-electron chi connectivity index (χ3n) is 4.21. The van der Waals surface area contributed by atoms with E-state index in [2.05, 4.69) is 4.72 Å². The van der Waals surface area contributed by atoms with Crippen LogP contribution in [0.2, 0.25) is 0 Å². The number of benzene rings is 2. The van der Waals surface area contributed by atoms with Crippen molar-refractivity contribution in [3.63, 3.8) is 0 Å². The number of aryl methyl sites for hydroxylation is 1. The van der Waals surface area contributed by atoms with Crippen LogP contribution >= 0.6 is 0 Å². The number of carbonyl (C=O) groups is 1. The van der Waals surface area contributed by atoms with E-state index in [1.807, 2.05) is 45.0 Å². The van der Waals surface area contributed by atoms with Gasteiger partial charge >= 0.3 is 0 Å². The molecule has 2 rings (SSSR count). The average molecular weight is 389 g/mol. The minimum absolute atomic E-state index is 0.106. The monoisotopic (exact) mass is 388 g/mol. The van der Waals surface area contributed by atoms with Crippen LogP contribution in [0, 0.1) is 6.92 Å². The number of amides is 1. The van der Waals surface area contributed by atoms with Gasteiger partial charge in [-0.3, -0.25) is 4.79 Å². The van der Waals surface area contributed by atoms with Crippen molar-refractivity contribution in [3.8, 4) is 0 Å². The van der Waals surface area contributed by atoms with Crippen LogP contribution in [0.4, 0.5) is 0 Å². The van der Waals surface area contributed by atoms with E-state index < -0.39 is 10.0 Å². The second-order valence-electron chi connectivity index (χ2n) is 6.63. The molecular formula is C21H28N2O3S. The molecule has 2 aromatic carbocycles. The van der Waals surface area contributed by atoms with E-state index in [9.17, 15) is 13.2 Å². The number of hydrogen-bond acceptors (Lipinski definition) is 3. The Bertz CT molecular complexity index is 873. The number of carbonyl (C=O) groups excluding carboxylic acids is 1. The number of nitrogens with one attached hydrogen (secondary N) is 1. The van der Waals surface area contributed by atoms with E-state index in [1.54, 1.807) is 17.0 Å². The van der Waals surface area contributed by atoms with Crippen molar-refractivity contribution in [2.45, 2.75) is 45.1 Å². The third-order valence-corrected chi connectivity index (χ3v) is 5.61. The second-order valence-corrected chi connectivity index (χ2v) is 8.40. The number of hydrogen-bond donors (Lipinski definition) is 1. The molecule has 146 valence electrons. The predicted molar refractivity (Wildman–Crippen MR) is 108 cm³/mol. The minimum Gasteiger partial charge on any atom is -0.339 e. The molecule has 5 nitrogen and oxygen atoms in total. The van der Waals surface area contributed by atoms with Crippen molar-refractivity contribution in [1.82, 2.24) is 9.62 Å². The topological polar surface area (TPSA) is 66.5 Å². The van der Waals surface area contributed by atoms with Crippen molar-refractivity contribution in [2.24, 2.45) is 0 Å². The van der Waals surface area contributed by atoms with Crippen LogP contribution in [0.3, 0.4) is 0 Å². The fourth-order valence-electron chi connectivity index (χ4n) is 2.92. The van der Waals surface area contributed by atoms with E-state index >= 15 is 0 Å². The highest BCUT2D eigenvalue weighted by molar-refractivity contribution is 7.89. The standard InChI is InChI=1S/C21H28N2O3S/c1-4-12-23(13-5-2)21(24)19-10-7-11-20(15-19)27(25,26)22-16-18-9-6-8-17(3)14-18/h6-11,14-15,22H,4-5,12-13,16H2,1-3H3. The first kappa shape index (κ1) is 21.1. The molecule has 0 bridgehead atoms. The highest BCUT2D eigenvalue weighted by atomic mass is 32.2. The van der Waals surface area contributed by atoms with E-state index in [0.29, 0.717) is 18.7 Å². The van der Waals surface area contributed by atoms with Gasteiger partial charge in [0.15, 0.2) is 0 Å². The molecule has 2 aromatic rings. The molecule has 0 aliphatic rings. The van der Waals surface area contributed by atoms with Crippen LogP contribution in [0.25, 0.3) is 0 Å². The lowest BCUT2D eigenvalue weighted by Crippen LogP contribution is -2.32. The molecule has 0 saturated heterocycles. The van der Waals surface area contributed by atoms with E-state index in [0.717, 1.165) is 24.0 Å². The van der Waals surface area contributed by atoms with Gasteiger partial charge in [0.2, 0.25) is 10.0 Å². The van der Waals surface area contributed by atoms with Crippen LogP contribution in [0.5, 0.6) is 0 Å². The van der Waals surface area contributed by atoms with Crippen LogP contribution in [0.15, 0.2) is 53.4 Å². The molecule has 6 heteroatoms. The lowest BCUT2D eigenvalue weighted by Gasteiger charge is -2.21. The van der Waals surface area contributed by atoms with Gasteiger partial charge in [-0.2, -0.15) is 0 Å². The van der Waals surface area contributed by atoms with Crippen molar-refractivity contribution in [1.29, 1.82) is 0 Å². The molecule has 0 saturated carbocycles. The highest BCUT2D eigenvalue weighted by Gasteiger charge is 2.19. The summed E-state index contributed by atoms with van der Waals surface area (Å²) in [6, 6.07) is 13.9. The van der Waals surface area contributed by atoms with Crippen molar-refractivity contribution in [3.05, 3.63) is 65.2 Å². The smallest absolute Gasteiger partial charge is 0.253 e. The summed E-state index contributed by atoms with van der Waals surface area (Å²) >= 11 is 0. The number of nitrogens with zero attached hydrogens (tertiary/aromatic N) is 1. The van der Waals surface area contributed by atoms with Gasteiger partial charge in [-0.15, -0.1) is 0 Å². The molecule has 0 aliphatic heterocycles. The Balaban J connectivity index is 2.18. The second kappa shape index (κ2) is 9.67. The summed E-state index contributed by atoms with van der Waals surface area (Å²) in [6.45, 7) is 7.54. The molecule has 0 unspecified atom stereocenters. The first-order valence-electron chi connectivity index (χ1n) is 9.32. The van der Waals surface area contributed by atoms with Gasteiger partial charge in [-0.1, -0.05) is 49.7 Å². The van der Waals surface area contributed by atoms with Gasteiger partial charge in [-0.25, -0.2) is 13.1 Å². The molecular weight excluding hydrogens is 360 g/mol. The SMILES string of the molecule is CCCN(CCC)C(=O)c1cccc(S(=O)(=O)NCc2cccc(C)c2)c1. The number of rotatable bonds is 9. The minimum atomic E-state index is -3.70. The van der Waals surface area contributed by atoms with Crippen LogP contribution in [0.1, 0.15) is 48.2 Å². The molecule has 0 radical (unpaired) electrons. The number of sulfonamides is 1. The largest absolute Gasteiger partial charge is 0.339 e. The van der Waals surface area contributed by atoms with E-state index in [1.165, 1.54) is 12.1 Å². The predicted octanol–water partition coefficient (Wildman–Crippen LogP) is 3.74. The summed E-state index contributed by atoms with van der Waals surface area (Å²) in [6.07, 6.45) is 1.73. The summed E-state index contributed by atoms with van der Waals surface area (Å²) in [7, 11) is -3.70. The first-order chi connectivity index (χ1) is 12.9. The van der Waals surface area contributed by atoms with Crippen molar-refractivity contribution in [2.75, 3.05) is 13.1 Å². The fourth-order valence-corrected chi connectivity index (χ4v) is 3.98. The molecule has 0 atom stereocenters. The molecule has 0 fully saturated rings. The van der Waals surface area contributed by atoms with Crippen LogP contribution < -0.4 is 4.72 Å². The summed E-state index contributed by atoms with van der Waals surface area (Å²) in [4.78, 5) is 14.6. The Morgan fingerprint density at radius 3 is 2.30 bits per heavy atom. The molecule has 0 aliphatic carbocycles. The average Bonchev–Trinajstić information content (AvgIpc) is 2.66. The first-order valence-corrected chi connectivity index (χ1v) is 10.8. The summed E-state index contributed by atoms with van der Waals surface area (Å²) < 4.78 is 27.9. The van der Waals surface area contributed by atoms with Crippen molar-refractivity contribution < 1.29 is 13.2 Å². The lowest BCUT2D eigenvalue weighted by atomic mass is 10.1. The zero-order valence-corrected chi connectivity index (χ0v) is 17.1. The fraction of sp³-hybridized carbons (Fsp3) is 0.381. The molecule has 1 amide bonds. The Labute approximate surface area is 162 Å². The normalized spacial score (nSPS) is 11.4. The molecule has 27 heavy (non-hydrogen) atoms. The van der Waals surface area contributed by atoms with Gasteiger partial charge < -0.3 is 4.90 Å². The molecule has 0 spiro atoms. The zero-order chi connectivity index (χ0) is 19.9. The van der Waals surface area contributed by atoms with E-state index in [4.69, 9.17) is 0 Å². The van der Waals surface area contributed by atoms with Crippen molar-refractivity contribution >= 4 is 15.9 Å². The van der Waals surface area contributed by atoms with Gasteiger partial charge in [0.1, 0.15) is 0 Å². The lowest BCUT2D eigenvalue weighted by molar-refractivity contribution is 0.0755. The Morgan fingerprint density at radius 2 is 1.67 bits per heavy atom. The Morgan fingerprint density at radius 1 is 1.00 bits per heavy atom. The Kier molecular flexibility index (Phi) is 7.56. The Hall–Kier alpha value is -2.18. The van der Waals surface area contributed by atoms with Gasteiger partial charge in [0.25, 0.3) is 5.91 Å². The highest BCUT2D eigenvalue weighted by Crippen LogP contribution is 2.15. The summed E-state index contributed by atoms with van der Waals surface area (Å²) in [5.41, 5.74) is 2.37. The van der Waals surface area contributed by atoms with Gasteiger partial charge in [-0.05, 0) is 43.5 Å². The zero-order valence-electron chi connectivity index (χ0n) is 16.2. The quantitative estimate of drug-likeness (QED) is 0.712. The third kappa shape index (κ3) is 5.91. The molecule has 0 heterocycles. The maximum atomic E-state index is 12.7. The van der Waals surface area contributed by atoms with E-state index in [-0.39, 0.29) is 17.3 Å². The van der Waals surface area contributed by atoms with Crippen LogP contribution in [-0.2, 0) is 16.6 Å². The summed E-state index contributed by atoms with van der Waals surface area (Å²) in [5.74, 6) is -0.130. The maximum absolute atomic E-state index is 12.7.